The highest BCUT2D eigenvalue weighted by atomic mass is 32.2. The molecule has 1 aromatic heterocycles. The summed E-state index contributed by atoms with van der Waals surface area (Å²) < 4.78 is 23.2. The summed E-state index contributed by atoms with van der Waals surface area (Å²) in [6.07, 6.45) is 8.76. The van der Waals surface area contributed by atoms with Gasteiger partial charge in [0.15, 0.2) is 0 Å². The summed E-state index contributed by atoms with van der Waals surface area (Å²) in [5.41, 5.74) is 2.73. The van der Waals surface area contributed by atoms with Gasteiger partial charge < -0.3 is 5.32 Å². The Labute approximate surface area is 141 Å². The van der Waals surface area contributed by atoms with E-state index in [4.69, 9.17) is 0 Å². The molecular formula is C16H24N2O3S2. The largest absolute Gasteiger partial charge is 0.349 e. The molecule has 5 nitrogen and oxygen atoms in total. The number of sulfone groups is 1. The number of hydrogen-bond acceptors (Lipinski definition) is 5. The first-order valence-electron chi connectivity index (χ1n) is 8.38. The van der Waals surface area contributed by atoms with Crippen LogP contribution in [0.25, 0.3) is 0 Å². The van der Waals surface area contributed by atoms with Gasteiger partial charge >= 0.3 is 0 Å². The average Bonchev–Trinajstić information content (AvgIpc) is 3.17. The lowest BCUT2D eigenvalue weighted by Crippen LogP contribution is -2.40. The number of nitrogens with one attached hydrogen (secondary N) is 1. The lowest BCUT2D eigenvalue weighted by Gasteiger charge is -2.28. The van der Waals surface area contributed by atoms with Crippen molar-refractivity contribution in [3.63, 3.8) is 0 Å². The minimum Gasteiger partial charge on any atom is -0.349 e. The summed E-state index contributed by atoms with van der Waals surface area (Å²) in [5, 5.41) is 2.85. The topological polar surface area (TPSA) is 76.1 Å². The molecule has 1 N–H and O–H groups in total. The Morgan fingerprint density at radius 1 is 1.17 bits per heavy atom. The fraction of sp³-hybridized carbons (Fsp3) is 0.750. The summed E-state index contributed by atoms with van der Waals surface area (Å²) in [4.78, 5) is 17.8. The van der Waals surface area contributed by atoms with Crippen molar-refractivity contribution in [3.8, 4) is 0 Å². The van der Waals surface area contributed by atoms with Crippen LogP contribution in [-0.2, 0) is 9.84 Å². The van der Waals surface area contributed by atoms with Crippen LogP contribution >= 0.6 is 11.3 Å². The van der Waals surface area contributed by atoms with Crippen LogP contribution in [0.2, 0.25) is 0 Å². The Morgan fingerprint density at radius 3 is 2.43 bits per heavy atom. The summed E-state index contributed by atoms with van der Waals surface area (Å²) in [6.45, 7) is 0. The zero-order valence-electron chi connectivity index (χ0n) is 13.5. The third-order valence-electron chi connectivity index (χ3n) is 5.16. The monoisotopic (exact) mass is 356 g/mol. The molecule has 0 unspecified atom stereocenters. The quantitative estimate of drug-likeness (QED) is 0.900. The summed E-state index contributed by atoms with van der Waals surface area (Å²) in [5.74, 6) is 0.403. The number of thiazole rings is 1. The van der Waals surface area contributed by atoms with Crippen LogP contribution in [-0.4, -0.2) is 36.9 Å². The van der Waals surface area contributed by atoms with Crippen molar-refractivity contribution in [2.24, 2.45) is 0 Å². The van der Waals surface area contributed by atoms with Gasteiger partial charge in [-0.25, -0.2) is 13.4 Å². The molecule has 0 saturated heterocycles. The van der Waals surface area contributed by atoms with Gasteiger partial charge in [-0.05, 0) is 38.5 Å². The Hall–Kier alpha value is -0.950. The molecule has 2 aliphatic rings. The molecule has 0 bridgehead atoms. The average molecular weight is 357 g/mol. The van der Waals surface area contributed by atoms with E-state index in [1.54, 1.807) is 5.51 Å². The van der Waals surface area contributed by atoms with Crippen LogP contribution in [0.3, 0.4) is 0 Å². The van der Waals surface area contributed by atoms with E-state index in [0.29, 0.717) is 18.8 Å². The second-order valence-electron chi connectivity index (χ2n) is 6.82. The Balaban J connectivity index is 1.59. The predicted octanol–water partition coefficient (Wildman–Crippen LogP) is 2.89. The fourth-order valence-electron chi connectivity index (χ4n) is 3.80. The van der Waals surface area contributed by atoms with Crippen molar-refractivity contribution in [1.82, 2.24) is 10.3 Å². The van der Waals surface area contributed by atoms with E-state index in [1.807, 2.05) is 0 Å². The first-order chi connectivity index (χ1) is 10.9. The summed E-state index contributed by atoms with van der Waals surface area (Å²) in [7, 11) is -2.96. The number of hydrogen-bond donors (Lipinski definition) is 1. The molecule has 2 fully saturated rings. The van der Waals surface area contributed by atoms with E-state index in [9.17, 15) is 13.2 Å². The Morgan fingerprint density at radius 2 is 1.83 bits per heavy atom. The van der Waals surface area contributed by atoms with E-state index in [-0.39, 0.29) is 17.2 Å². The normalized spacial score (nSPS) is 26.3. The first-order valence-corrected chi connectivity index (χ1v) is 11.2. The first kappa shape index (κ1) is 16.9. The van der Waals surface area contributed by atoms with Crippen LogP contribution < -0.4 is 5.32 Å². The molecule has 1 aromatic rings. The lowest BCUT2D eigenvalue weighted by atomic mass is 9.94. The predicted molar refractivity (Wildman–Crippen MR) is 91.7 cm³/mol. The van der Waals surface area contributed by atoms with Gasteiger partial charge in [0.25, 0.3) is 5.91 Å². The lowest BCUT2D eigenvalue weighted by molar-refractivity contribution is 0.0930. The molecule has 1 amide bonds. The van der Waals surface area contributed by atoms with Gasteiger partial charge in [-0.2, -0.15) is 0 Å². The van der Waals surface area contributed by atoms with Crippen LogP contribution in [0.1, 0.15) is 72.7 Å². The third-order valence-corrected chi connectivity index (χ3v) is 7.68. The van der Waals surface area contributed by atoms with Crippen LogP contribution in [0.15, 0.2) is 5.51 Å². The molecule has 0 spiro atoms. The SMILES string of the molecule is CS(=O)(=O)C1CCC(NC(=O)c2scnc2C2CCCC2)CC1. The molecule has 23 heavy (non-hydrogen) atoms. The van der Waals surface area contributed by atoms with E-state index < -0.39 is 9.84 Å². The van der Waals surface area contributed by atoms with Gasteiger partial charge in [-0.15, -0.1) is 11.3 Å². The molecule has 2 aliphatic carbocycles. The second kappa shape index (κ2) is 6.89. The van der Waals surface area contributed by atoms with Gasteiger partial charge in [-0.3, -0.25) is 4.79 Å². The van der Waals surface area contributed by atoms with Crippen LogP contribution in [0.4, 0.5) is 0 Å². The highest BCUT2D eigenvalue weighted by molar-refractivity contribution is 7.91. The molecule has 0 aromatic carbocycles. The number of nitrogens with zero attached hydrogens (tertiary/aromatic N) is 1. The van der Waals surface area contributed by atoms with E-state index >= 15 is 0 Å². The highest BCUT2D eigenvalue weighted by Crippen LogP contribution is 2.36. The molecule has 3 rings (SSSR count). The van der Waals surface area contributed by atoms with Crippen molar-refractivity contribution in [1.29, 1.82) is 0 Å². The maximum atomic E-state index is 12.6. The van der Waals surface area contributed by atoms with Crippen molar-refractivity contribution in [3.05, 3.63) is 16.1 Å². The van der Waals surface area contributed by atoms with Gasteiger partial charge in [0.05, 0.1) is 16.5 Å². The molecule has 2 saturated carbocycles. The second-order valence-corrected chi connectivity index (χ2v) is 10.0. The molecule has 0 atom stereocenters. The fourth-order valence-corrected chi connectivity index (χ4v) is 5.71. The number of rotatable bonds is 4. The minimum atomic E-state index is -2.96. The van der Waals surface area contributed by atoms with Crippen molar-refractivity contribution >= 4 is 27.1 Å². The molecular weight excluding hydrogens is 332 g/mol. The Bertz CT molecular complexity index is 655. The van der Waals surface area contributed by atoms with Crippen molar-refractivity contribution in [2.45, 2.75) is 68.6 Å². The van der Waals surface area contributed by atoms with Gasteiger partial charge in [-0.1, -0.05) is 12.8 Å². The number of carbonyl (C=O) groups is 1. The summed E-state index contributed by atoms with van der Waals surface area (Å²) in [6, 6.07) is 0.0824. The number of amides is 1. The maximum Gasteiger partial charge on any atom is 0.263 e. The highest BCUT2D eigenvalue weighted by Gasteiger charge is 2.30. The van der Waals surface area contributed by atoms with E-state index in [0.717, 1.165) is 36.3 Å². The maximum absolute atomic E-state index is 12.6. The van der Waals surface area contributed by atoms with Gasteiger partial charge in [0.1, 0.15) is 14.7 Å². The third kappa shape index (κ3) is 3.94. The molecule has 128 valence electrons. The van der Waals surface area contributed by atoms with E-state index in [1.165, 1.54) is 30.4 Å². The number of carbonyl (C=O) groups excluding carboxylic acids is 1. The van der Waals surface area contributed by atoms with E-state index in [2.05, 4.69) is 10.3 Å². The standard InChI is InChI=1S/C16H24N2O3S2/c1-23(20,21)13-8-6-12(7-9-13)18-16(19)15-14(17-10-22-15)11-4-2-3-5-11/h10-13H,2-9H2,1H3,(H,18,19). The van der Waals surface area contributed by atoms with Crippen molar-refractivity contribution in [2.75, 3.05) is 6.26 Å². The molecule has 7 heteroatoms. The molecule has 0 radical (unpaired) electrons. The Kier molecular flexibility index (Phi) is 5.06. The zero-order chi connectivity index (χ0) is 16.4. The van der Waals surface area contributed by atoms with Crippen LogP contribution in [0.5, 0.6) is 0 Å². The zero-order valence-corrected chi connectivity index (χ0v) is 15.1. The van der Waals surface area contributed by atoms with Crippen molar-refractivity contribution < 1.29 is 13.2 Å². The molecule has 1 heterocycles. The number of aromatic nitrogens is 1. The van der Waals surface area contributed by atoms with Gasteiger partial charge in [0.2, 0.25) is 0 Å². The smallest absolute Gasteiger partial charge is 0.263 e. The minimum absolute atomic E-state index is 0.0304. The van der Waals surface area contributed by atoms with Crippen LogP contribution in [0, 0.1) is 0 Å². The summed E-state index contributed by atoms with van der Waals surface area (Å²) >= 11 is 1.42. The van der Waals surface area contributed by atoms with Gasteiger partial charge in [0, 0.05) is 18.2 Å². The molecule has 0 aliphatic heterocycles.